The third-order valence-electron chi connectivity index (χ3n) is 4.92. The minimum Gasteiger partial charge on any atom is -0.472 e. The van der Waals surface area contributed by atoms with Crippen molar-refractivity contribution in [1.82, 2.24) is 19.9 Å². The lowest BCUT2D eigenvalue weighted by Gasteiger charge is -2.41. The fourth-order valence-corrected chi connectivity index (χ4v) is 3.60. The molecule has 2 aromatic heterocycles. The van der Waals surface area contributed by atoms with Crippen molar-refractivity contribution in [2.45, 2.75) is 25.7 Å². The summed E-state index contributed by atoms with van der Waals surface area (Å²) in [5.41, 5.74) is 3.41. The Morgan fingerprint density at radius 1 is 1.45 bits per heavy atom. The van der Waals surface area contributed by atoms with Gasteiger partial charge >= 0.3 is 0 Å². The molecule has 0 radical (unpaired) electrons. The maximum atomic E-state index is 12.6. The zero-order chi connectivity index (χ0) is 15.1. The van der Waals surface area contributed by atoms with E-state index in [1.807, 2.05) is 22.7 Å². The lowest BCUT2D eigenvalue weighted by Crippen LogP contribution is -2.53. The molecular weight excluding hydrogens is 280 g/mol. The minimum atomic E-state index is 0.0968. The van der Waals surface area contributed by atoms with E-state index in [1.165, 1.54) is 5.56 Å². The summed E-state index contributed by atoms with van der Waals surface area (Å²) in [5, 5.41) is 8.22. The van der Waals surface area contributed by atoms with Crippen LogP contribution in [0.4, 0.5) is 0 Å². The molecule has 2 aromatic rings. The van der Waals surface area contributed by atoms with Gasteiger partial charge in [-0.15, -0.1) is 5.10 Å². The maximum Gasteiger partial charge on any atom is 0.226 e. The Hall–Kier alpha value is -2.11. The fraction of sp³-hybridized carbons (Fsp3) is 0.562. The molecule has 0 spiro atoms. The van der Waals surface area contributed by atoms with Gasteiger partial charge in [-0.05, 0) is 36.8 Å². The molecule has 0 saturated carbocycles. The highest BCUT2D eigenvalue weighted by molar-refractivity contribution is 5.80. The number of nitrogens with zero attached hydrogens (tertiary/aromatic N) is 4. The number of hydrogen-bond acceptors (Lipinski definition) is 4. The topological polar surface area (TPSA) is 64.2 Å². The smallest absolute Gasteiger partial charge is 0.226 e. The van der Waals surface area contributed by atoms with E-state index in [-0.39, 0.29) is 5.92 Å². The summed E-state index contributed by atoms with van der Waals surface area (Å²) in [6.07, 6.45) is 7.04. The van der Waals surface area contributed by atoms with E-state index in [0.29, 0.717) is 11.8 Å². The summed E-state index contributed by atoms with van der Waals surface area (Å²) in [6, 6.07) is 2.00. The van der Waals surface area contributed by atoms with Crippen molar-refractivity contribution in [3.8, 4) is 0 Å². The monoisotopic (exact) mass is 300 g/mol. The highest BCUT2D eigenvalue weighted by Crippen LogP contribution is 2.28. The lowest BCUT2D eigenvalue weighted by atomic mass is 9.86. The van der Waals surface area contributed by atoms with Gasteiger partial charge in [-0.25, -0.2) is 0 Å². The average molecular weight is 300 g/mol. The van der Waals surface area contributed by atoms with E-state index in [9.17, 15) is 4.79 Å². The summed E-state index contributed by atoms with van der Waals surface area (Å²) in [5.74, 6) is 0.967. The molecule has 0 bridgehead atoms. The molecule has 1 fully saturated rings. The van der Waals surface area contributed by atoms with Crippen LogP contribution in [0.3, 0.4) is 0 Å². The second kappa shape index (κ2) is 5.26. The average Bonchev–Trinajstić information content (AvgIpc) is 3.12. The summed E-state index contributed by atoms with van der Waals surface area (Å²) < 4.78 is 6.91. The van der Waals surface area contributed by atoms with Crippen molar-refractivity contribution in [3.63, 3.8) is 0 Å². The van der Waals surface area contributed by atoms with E-state index in [2.05, 4.69) is 10.3 Å². The van der Waals surface area contributed by atoms with Crippen LogP contribution < -0.4 is 0 Å². The molecule has 0 N–H and O–H groups in total. The fourth-order valence-electron chi connectivity index (χ4n) is 3.60. The highest BCUT2D eigenvalue weighted by atomic mass is 16.3. The summed E-state index contributed by atoms with van der Waals surface area (Å²) in [4.78, 5) is 14.6. The second-order valence-electron chi connectivity index (χ2n) is 6.49. The molecule has 1 unspecified atom stereocenters. The van der Waals surface area contributed by atoms with Crippen LogP contribution in [0.5, 0.6) is 0 Å². The predicted molar refractivity (Wildman–Crippen MR) is 79.0 cm³/mol. The Morgan fingerprint density at radius 2 is 2.32 bits per heavy atom. The van der Waals surface area contributed by atoms with Gasteiger partial charge in [-0.3, -0.25) is 9.48 Å². The Labute approximate surface area is 129 Å². The van der Waals surface area contributed by atoms with Gasteiger partial charge in [0.1, 0.15) is 0 Å². The number of aryl methyl sites for hydroxylation is 2. The third kappa shape index (κ3) is 2.32. The van der Waals surface area contributed by atoms with Crippen LogP contribution in [0.1, 0.15) is 23.4 Å². The van der Waals surface area contributed by atoms with Crippen molar-refractivity contribution >= 4 is 5.91 Å². The lowest BCUT2D eigenvalue weighted by molar-refractivity contribution is -0.142. The number of hydrogen-bond donors (Lipinski definition) is 0. The first-order chi connectivity index (χ1) is 10.7. The van der Waals surface area contributed by atoms with Crippen LogP contribution in [0.2, 0.25) is 0 Å². The van der Waals surface area contributed by atoms with Crippen molar-refractivity contribution < 1.29 is 9.21 Å². The van der Waals surface area contributed by atoms with Gasteiger partial charge in [0, 0.05) is 32.5 Å². The first-order valence-electron chi connectivity index (χ1n) is 7.88. The summed E-state index contributed by atoms with van der Waals surface area (Å²) in [7, 11) is 1.91. The Kier molecular flexibility index (Phi) is 3.24. The SMILES string of the molecule is Cn1nnc2c1CC(C(=O)N1CC(Cc3ccoc3)C1)CC2. The zero-order valence-corrected chi connectivity index (χ0v) is 12.7. The van der Waals surface area contributed by atoms with Crippen LogP contribution in [0.25, 0.3) is 0 Å². The number of fused-ring (bicyclic) bond motifs is 1. The van der Waals surface area contributed by atoms with Crippen LogP contribution in [-0.2, 0) is 31.1 Å². The van der Waals surface area contributed by atoms with Gasteiger partial charge < -0.3 is 9.32 Å². The van der Waals surface area contributed by atoms with Gasteiger partial charge in [-0.1, -0.05) is 5.21 Å². The Morgan fingerprint density at radius 3 is 3.09 bits per heavy atom. The Bertz CT molecular complexity index is 670. The van der Waals surface area contributed by atoms with Crippen LogP contribution >= 0.6 is 0 Å². The molecule has 6 heteroatoms. The van der Waals surface area contributed by atoms with Gasteiger partial charge in [0.25, 0.3) is 0 Å². The molecule has 2 aliphatic rings. The first kappa shape index (κ1) is 13.5. The molecule has 0 aromatic carbocycles. The quantitative estimate of drug-likeness (QED) is 0.855. The van der Waals surface area contributed by atoms with Gasteiger partial charge in [-0.2, -0.15) is 0 Å². The van der Waals surface area contributed by atoms with E-state index >= 15 is 0 Å². The molecule has 4 rings (SSSR count). The van der Waals surface area contributed by atoms with Crippen LogP contribution in [0, 0.1) is 11.8 Å². The van der Waals surface area contributed by atoms with Crippen molar-refractivity contribution in [2.24, 2.45) is 18.9 Å². The van der Waals surface area contributed by atoms with E-state index < -0.39 is 0 Å². The summed E-state index contributed by atoms with van der Waals surface area (Å²) in [6.45, 7) is 1.74. The predicted octanol–water partition coefficient (Wildman–Crippen LogP) is 1.21. The highest BCUT2D eigenvalue weighted by Gasteiger charge is 2.36. The van der Waals surface area contributed by atoms with Gasteiger partial charge in [0.15, 0.2) is 0 Å². The van der Waals surface area contributed by atoms with Gasteiger partial charge in [0.2, 0.25) is 5.91 Å². The molecule has 1 saturated heterocycles. The van der Waals surface area contributed by atoms with Crippen LogP contribution in [0.15, 0.2) is 23.0 Å². The van der Waals surface area contributed by atoms with Crippen molar-refractivity contribution in [1.29, 1.82) is 0 Å². The third-order valence-corrected chi connectivity index (χ3v) is 4.92. The number of carbonyl (C=O) groups excluding carboxylic acids is 1. The number of aromatic nitrogens is 3. The molecule has 3 heterocycles. The molecule has 116 valence electrons. The number of amides is 1. The van der Waals surface area contributed by atoms with E-state index in [0.717, 1.165) is 50.2 Å². The number of carbonyl (C=O) groups is 1. The zero-order valence-electron chi connectivity index (χ0n) is 12.7. The molecule has 1 aliphatic carbocycles. The number of rotatable bonds is 3. The maximum absolute atomic E-state index is 12.6. The molecule has 1 aliphatic heterocycles. The number of likely N-dealkylation sites (tertiary alicyclic amines) is 1. The standard InChI is InChI=1S/C16H20N4O2/c1-19-15-7-13(2-3-14(15)17-18-19)16(21)20-8-12(9-20)6-11-4-5-22-10-11/h4-5,10,12-13H,2-3,6-9H2,1H3. The Balaban J connectivity index is 1.33. The molecule has 1 atom stereocenters. The van der Waals surface area contributed by atoms with E-state index in [4.69, 9.17) is 4.42 Å². The summed E-state index contributed by atoms with van der Waals surface area (Å²) >= 11 is 0. The molecule has 22 heavy (non-hydrogen) atoms. The van der Waals surface area contributed by atoms with E-state index in [1.54, 1.807) is 12.5 Å². The largest absolute Gasteiger partial charge is 0.472 e. The molecule has 1 amide bonds. The molecular formula is C16H20N4O2. The normalized spacial score (nSPS) is 21.5. The van der Waals surface area contributed by atoms with Crippen molar-refractivity contribution in [2.75, 3.05) is 13.1 Å². The van der Waals surface area contributed by atoms with Gasteiger partial charge in [0.05, 0.1) is 23.9 Å². The van der Waals surface area contributed by atoms with Crippen molar-refractivity contribution in [3.05, 3.63) is 35.5 Å². The molecule has 6 nitrogen and oxygen atoms in total. The minimum absolute atomic E-state index is 0.0968. The van der Waals surface area contributed by atoms with Crippen LogP contribution in [-0.4, -0.2) is 38.9 Å². The number of furan rings is 1. The second-order valence-corrected chi connectivity index (χ2v) is 6.49. The first-order valence-corrected chi connectivity index (χ1v) is 7.88.